The minimum atomic E-state index is 0.837. The number of hydrogen-bond acceptors (Lipinski definition) is 0. The Morgan fingerprint density at radius 1 is 0.514 bits per heavy atom. The van der Waals surface area contributed by atoms with E-state index in [9.17, 15) is 0 Å². The van der Waals surface area contributed by atoms with Crippen molar-refractivity contribution in [2.75, 3.05) is 0 Å². The van der Waals surface area contributed by atoms with E-state index in [0.717, 1.165) is 35.5 Å². The highest BCUT2D eigenvalue weighted by atomic mass is 14.3. The Hall–Kier alpha value is -0.780. The van der Waals surface area contributed by atoms with E-state index in [4.69, 9.17) is 0 Å². The molecule has 0 nitrogen and oxygen atoms in total. The molecule has 0 heterocycles. The fourth-order valence-corrected chi connectivity index (χ4v) is 8.00. The van der Waals surface area contributed by atoms with Crippen molar-refractivity contribution in [1.29, 1.82) is 0 Å². The summed E-state index contributed by atoms with van der Waals surface area (Å²) in [5, 5.41) is 0. The molecule has 0 N–H and O–H groups in total. The molecule has 0 spiro atoms. The third-order valence-electron chi connectivity index (χ3n) is 10.8. The fourth-order valence-electron chi connectivity index (χ4n) is 8.00. The molecule has 3 aliphatic carbocycles. The summed E-state index contributed by atoms with van der Waals surface area (Å²) in [7, 11) is 0. The van der Waals surface area contributed by atoms with Gasteiger partial charge in [-0.3, -0.25) is 0 Å². The van der Waals surface area contributed by atoms with Gasteiger partial charge in [-0.05, 0) is 85.2 Å². The first kappa shape index (κ1) is 27.3. The Labute approximate surface area is 219 Å². The van der Waals surface area contributed by atoms with Crippen LogP contribution in [-0.4, -0.2) is 0 Å². The van der Waals surface area contributed by atoms with Crippen LogP contribution in [0.25, 0.3) is 0 Å². The fraction of sp³-hybridized carbons (Fsp3) is 0.829. The van der Waals surface area contributed by atoms with Gasteiger partial charge in [0, 0.05) is 0 Å². The summed E-state index contributed by atoms with van der Waals surface area (Å²) in [5.74, 6) is 6.03. The van der Waals surface area contributed by atoms with E-state index in [2.05, 4.69) is 38.1 Å². The standard InChI is InChI=1S/C35H58/c1-3-5-6-7-29-20-24-34(25-21-29)35-26-22-33(23-27-35)19-18-32-16-14-31(15-17-32)13-12-30-10-8-28(4-2)9-11-30/h22-23,26-32,34H,3-21,24-25H2,1-2H3/t28-,29-,30-,31-,32-,34-. The first-order valence-electron chi connectivity index (χ1n) is 16.3. The predicted octanol–water partition coefficient (Wildman–Crippen LogP) is 11.3. The Kier molecular flexibility index (Phi) is 11.6. The van der Waals surface area contributed by atoms with Crippen LogP contribution >= 0.6 is 0 Å². The van der Waals surface area contributed by atoms with Crippen LogP contribution in [-0.2, 0) is 6.42 Å². The topological polar surface area (TPSA) is 0 Å². The maximum atomic E-state index is 2.49. The summed E-state index contributed by atoms with van der Waals surface area (Å²) in [5.41, 5.74) is 3.22. The minimum absolute atomic E-state index is 0.837. The van der Waals surface area contributed by atoms with Gasteiger partial charge in [0.25, 0.3) is 0 Å². The molecule has 0 bridgehead atoms. The lowest BCUT2D eigenvalue weighted by molar-refractivity contribution is 0.212. The molecule has 1 aromatic carbocycles. The zero-order chi connectivity index (χ0) is 24.3. The second-order valence-corrected chi connectivity index (χ2v) is 13.3. The van der Waals surface area contributed by atoms with Crippen LogP contribution in [0.2, 0.25) is 0 Å². The minimum Gasteiger partial charge on any atom is -0.0654 e. The number of aryl methyl sites for hydroxylation is 1. The van der Waals surface area contributed by atoms with Crippen LogP contribution in [0.5, 0.6) is 0 Å². The summed E-state index contributed by atoms with van der Waals surface area (Å²) in [6.45, 7) is 4.71. The smallest absolute Gasteiger partial charge is 0.0162 e. The van der Waals surface area contributed by atoms with Crippen LogP contribution in [0.15, 0.2) is 24.3 Å². The van der Waals surface area contributed by atoms with E-state index < -0.39 is 0 Å². The molecule has 0 radical (unpaired) electrons. The molecule has 0 amide bonds. The number of benzene rings is 1. The average Bonchev–Trinajstić information content (AvgIpc) is 2.92. The molecule has 0 saturated heterocycles. The molecule has 4 rings (SSSR count). The highest BCUT2D eigenvalue weighted by Gasteiger charge is 2.25. The van der Waals surface area contributed by atoms with Crippen LogP contribution < -0.4 is 0 Å². The van der Waals surface area contributed by atoms with Gasteiger partial charge in [0.1, 0.15) is 0 Å². The third-order valence-corrected chi connectivity index (χ3v) is 10.8. The Morgan fingerprint density at radius 3 is 1.54 bits per heavy atom. The van der Waals surface area contributed by atoms with Crippen LogP contribution in [0, 0.1) is 29.6 Å². The summed E-state index contributed by atoms with van der Waals surface area (Å²) >= 11 is 0. The summed E-state index contributed by atoms with van der Waals surface area (Å²) in [6.07, 6.45) is 31.0. The van der Waals surface area contributed by atoms with Crippen molar-refractivity contribution in [3.05, 3.63) is 35.4 Å². The van der Waals surface area contributed by atoms with Gasteiger partial charge in [-0.2, -0.15) is 0 Å². The summed E-state index contributed by atoms with van der Waals surface area (Å²) in [4.78, 5) is 0. The van der Waals surface area contributed by atoms with Gasteiger partial charge in [-0.15, -0.1) is 0 Å². The molecule has 0 aliphatic heterocycles. The van der Waals surface area contributed by atoms with E-state index in [-0.39, 0.29) is 0 Å². The van der Waals surface area contributed by atoms with Gasteiger partial charge in [0.05, 0.1) is 0 Å². The summed E-state index contributed by atoms with van der Waals surface area (Å²) < 4.78 is 0. The van der Waals surface area contributed by atoms with Gasteiger partial charge >= 0.3 is 0 Å². The molecule has 3 saturated carbocycles. The molecule has 35 heavy (non-hydrogen) atoms. The van der Waals surface area contributed by atoms with E-state index >= 15 is 0 Å². The highest BCUT2D eigenvalue weighted by molar-refractivity contribution is 5.26. The normalized spacial score (nSPS) is 31.9. The van der Waals surface area contributed by atoms with Crippen molar-refractivity contribution < 1.29 is 0 Å². The van der Waals surface area contributed by atoms with Crippen LogP contribution in [0.3, 0.4) is 0 Å². The molecule has 0 heteroatoms. The van der Waals surface area contributed by atoms with E-state index in [1.807, 2.05) is 0 Å². The Bertz CT molecular complexity index is 662. The lowest BCUT2D eigenvalue weighted by atomic mass is 9.74. The zero-order valence-corrected chi connectivity index (χ0v) is 23.6. The maximum Gasteiger partial charge on any atom is -0.0162 e. The molecule has 3 fully saturated rings. The quantitative estimate of drug-likeness (QED) is 0.262. The predicted molar refractivity (Wildman–Crippen MR) is 154 cm³/mol. The van der Waals surface area contributed by atoms with Crippen molar-refractivity contribution in [3.8, 4) is 0 Å². The molecule has 0 unspecified atom stereocenters. The zero-order valence-electron chi connectivity index (χ0n) is 23.6. The van der Waals surface area contributed by atoms with Crippen molar-refractivity contribution in [2.45, 2.75) is 155 Å². The van der Waals surface area contributed by atoms with Crippen LogP contribution in [0.1, 0.15) is 159 Å². The molecular formula is C35H58. The largest absolute Gasteiger partial charge is 0.0654 e. The van der Waals surface area contributed by atoms with E-state index in [1.54, 1.807) is 17.5 Å². The van der Waals surface area contributed by atoms with Crippen LogP contribution in [0.4, 0.5) is 0 Å². The van der Waals surface area contributed by atoms with Crippen molar-refractivity contribution in [1.82, 2.24) is 0 Å². The van der Waals surface area contributed by atoms with Gasteiger partial charge in [-0.25, -0.2) is 0 Å². The molecule has 0 atom stereocenters. The lowest BCUT2D eigenvalue weighted by Gasteiger charge is -2.32. The summed E-state index contributed by atoms with van der Waals surface area (Å²) in [6, 6.07) is 9.92. The van der Waals surface area contributed by atoms with Crippen molar-refractivity contribution in [3.63, 3.8) is 0 Å². The van der Waals surface area contributed by atoms with Gasteiger partial charge in [0.15, 0.2) is 0 Å². The monoisotopic (exact) mass is 478 g/mol. The molecule has 1 aromatic rings. The highest BCUT2D eigenvalue weighted by Crippen LogP contribution is 2.39. The van der Waals surface area contributed by atoms with E-state index in [0.29, 0.717) is 0 Å². The van der Waals surface area contributed by atoms with Gasteiger partial charge in [-0.1, -0.05) is 134 Å². The molecule has 3 aliphatic rings. The maximum absolute atomic E-state index is 2.49. The lowest BCUT2D eigenvalue weighted by Crippen LogP contribution is -2.18. The van der Waals surface area contributed by atoms with Crippen molar-refractivity contribution >= 4 is 0 Å². The Morgan fingerprint density at radius 2 is 1.00 bits per heavy atom. The Balaban J connectivity index is 1.08. The number of unbranched alkanes of at least 4 members (excludes halogenated alkanes) is 2. The van der Waals surface area contributed by atoms with Crippen molar-refractivity contribution in [2.24, 2.45) is 29.6 Å². The number of hydrogen-bond donors (Lipinski definition) is 0. The third kappa shape index (κ3) is 8.93. The SMILES string of the molecule is CCCCC[C@H]1CC[C@H](c2ccc(CC[C@H]3CC[C@H](CC[C@H]4CC[C@H](CC)CC4)CC3)cc2)CC1. The molecule has 0 aromatic heterocycles. The molecule has 198 valence electrons. The first-order chi connectivity index (χ1) is 17.2. The average molecular weight is 479 g/mol. The molecular weight excluding hydrogens is 420 g/mol. The van der Waals surface area contributed by atoms with Gasteiger partial charge in [0.2, 0.25) is 0 Å². The number of rotatable bonds is 12. The first-order valence-corrected chi connectivity index (χ1v) is 16.3. The van der Waals surface area contributed by atoms with Gasteiger partial charge < -0.3 is 0 Å². The van der Waals surface area contributed by atoms with E-state index in [1.165, 1.54) is 128 Å². The second kappa shape index (κ2) is 14.8. The second-order valence-electron chi connectivity index (χ2n) is 13.3.